The number of rotatable bonds is 2. The van der Waals surface area contributed by atoms with Crippen LogP contribution in [0, 0.1) is 0 Å². The molecule has 0 bridgehead atoms. The predicted molar refractivity (Wildman–Crippen MR) is 159 cm³/mol. The van der Waals surface area contributed by atoms with Gasteiger partial charge in [-0.05, 0) is 59.3 Å². The second-order valence-electron chi connectivity index (χ2n) is 9.99. The largest absolute Gasteiger partial charge is 0.454 e. The summed E-state index contributed by atoms with van der Waals surface area (Å²) >= 11 is 0. The Morgan fingerprint density at radius 2 is 1.23 bits per heavy atom. The highest BCUT2D eigenvalue weighted by atomic mass is 16.3. The van der Waals surface area contributed by atoms with Gasteiger partial charge in [-0.2, -0.15) is 0 Å². The van der Waals surface area contributed by atoms with Gasteiger partial charge in [0.15, 0.2) is 11.2 Å². The summed E-state index contributed by atoms with van der Waals surface area (Å²) < 4.78 is 15.1. The third-order valence-corrected chi connectivity index (χ3v) is 7.80. The maximum atomic E-state index is 6.69. The van der Waals surface area contributed by atoms with E-state index in [0.29, 0.717) is 5.89 Å². The van der Waals surface area contributed by atoms with Crippen LogP contribution in [0.3, 0.4) is 0 Å². The minimum Gasteiger partial charge on any atom is -0.454 e. The standard InChI is InChI=1S/C35H20N2O2/c1-2-10-23-21(9-1)20-30(37-28-14-6-3-11-24(28)25-12-4-7-15-29(25)37)34-33(23)26-19-22(17-18-31(26)38-34)35-36-27-13-5-8-16-32(27)39-35/h1-20H. The van der Waals surface area contributed by atoms with Crippen molar-refractivity contribution in [2.75, 3.05) is 0 Å². The number of hydrogen-bond donors (Lipinski definition) is 0. The van der Waals surface area contributed by atoms with E-state index in [4.69, 9.17) is 13.8 Å². The molecule has 182 valence electrons. The summed E-state index contributed by atoms with van der Waals surface area (Å²) in [5.74, 6) is 0.607. The molecule has 0 aliphatic heterocycles. The molecule has 0 radical (unpaired) electrons. The Morgan fingerprint density at radius 3 is 2.03 bits per heavy atom. The number of benzene rings is 6. The number of hydrogen-bond acceptors (Lipinski definition) is 3. The van der Waals surface area contributed by atoms with Crippen LogP contribution >= 0.6 is 0 Å². The van der Waals surface area contributed by atoms with Gasteiger partial charge in [0, 0.05) is 27.1 Å². The molecule has 39 heavy (non-hydrogen) atoms. The van der Waals surface area contributed by atoms with Gasteiger partial charge in [0.05, 0.1) is 16.7 Å². The quantitative estimate of drug-likeness (QED) is 0.237. The van der Waals surface area contributed by atoms with Crippen LogP contribution in [0.4, 0.5) is 0 Å². The Morgan fingerprint density at radius 1 is 0.538 bits per heavy atom. The molecule has 9 aromatic rings. The number of furan rings is 1. The monoisotopic (exact) mass is 500 g/mol. The van der Waals surface area contributed by atoms with Crippen LogP contribution in [-0.2, 0) is 0 Å². The van der Waals surface area contributed by atoms with E-state index in [2.05, 4.69) is 89.5 Å². The molecule has 0 spiro atoms. The van der Waals surface area contributed by atoms with Crippen molar-refractivity contribution in [1.82, 2.24) is 9.55 Å². The van der Waals surface area contributed by atoms with E-state index in [1.54, 1.807) is 0 Å². The molecule has 0 aliphatic carbocycles. The Kier molecular flexibility index (Phi) is 4.02. The molecule has 0 saturated carbocycles. The fourth-order valence-corrected chi connectivity index (χ4v) is 6.09. The Bertz CT molecular complexity index is 2320. The minimum atomic E-state index is 0.607. The molecule has 0 saturated heterocycles. The molecule has 9 rings (SSSR count). The van der Waals surface area contributed by atoms with Gasteiger partial charge in [0.2, 0.25) is 5.89 Å². The molecule has 0 unspecified atom stereocenters. The van der Waals surface area contributed by atoms with Gasteiger partial charge in [-0.15, -0.1) is 0 Å². The highest BCUT2D eigenvalue weighted by Crippen LogP contribution is 2.42. The maximum Gasteiger partial charge on any atom is 0.227 e. The summed E-state index contributed by atoms with van der Waals surface area (Å²) in [4.78, 5) is 4.74. The van der Waals surface area contributed by atoms with Gasteiger partial charge in [0.1, 0.15) is 11.1 Å². The summed E-state index contributed by atoms with van der Waals surface area (Å²) in [7, 11) is 0. The van der Waals surface area contributed by atoms with Crippen molar-refractivity contribution in [3.63, 3.8) is 0 Å². The van der Waals surface area contributed by atoms with Crippen molar-refractivity contribution in [2.45, 2.75) is 0 Å². The van der Waals surface area contributed by atoms with Crippen molar-refractivity contribution in [3.8, 4) is 17.1 Å². The van der Waals surface area contributed by atoms with Crippen LogP contribution in [0.1, 0.15) is 0 Å². The summed E-state index contributed by atoms with van der Waals surface area (Å²) in [6.45, 7) is 0. The summed E-state index contributed by atoms with van der Waals surface area (Å²) in [5, 5.41) is 6.91. The first kappa shape index (κ1) is 20.7. The SMILES string of the molecule is c1ccc2c(c1)cc(-n1c3ccccc3c3ccccc31)c1oc3ccc(-c4nc5ccccc5o4)cc3c12. The molecule has 6 aromatic carbocycles. The van der Waals surface area contributed by atoms with Crippen molar-refractivity contribution in [3.05, 3.63) is 121 Å². The number of aromatic nitrogens is 2. The zero-order valence-electron chi connectivity index (χ0n) is 20.8. The molecule has 3 heterocycles. The summed E-state index contributed by atoms with van der Waals surface area (Å²) in [6, 6.07) is 42.0. The third kappa shape index (κ3) is 2.85. The predicted octanol–water partition coefficient (Wildman–Crippen LogP) is 9.64. The van der Waals surface area contributed by atoms with E-state index < -0.39 is 0 Å². The normalized spacial score (nSPS) is 12.1. The lowest BCUT2D eigenvalue weighted by Crippen LogP contribution is -1.95. The van der Waals surface area contributed by atoms with Crippen molar-refractivity contribution < 1.29 is 8.83 Å². The first-order valence-corrected chi connectivity index (χ1v) is 13.1. The van der Waals surface area contributed by atoms with E-state index in [1.165, 1.54) is 10.8 Å². The van der Waals surface area contributed by atoms with Gasteiger partial charge < -0.3 is 13.4 Å². The Hall–Kier alpha value is -5.35. The first-order valence-electron chi connectivity index (χ1n) is 13.1. The molecular formula is C35H20N2O2. The highest BCUT2D eigenvalue weighted by Gasteiger charge is 2.20. The van der Waals surface area contributed by atoms with Crippen molar-refractivity contribution in [1.29, 1.82) is 0 Å². The van der Waals surface area contributed by atoms with Crippen LogP contribution in [0.25, 0.3) is 82.8 Å². The molecule has 3 aromatic heterocycles. The Labute approximate surface area is 222 Å². The van der Waals surface area contributed by atoms with E-state index in [1.807, 2.05) is 36.4 Å². The molecule has 4 heteroatoms. The van der Waals surface area contributed by atoms with Crippen LogP contribution in [-0.4, -0.2) is 9.55 Å². The van der Waals surface area contributed by atoms with E-state index in [-0.39, 0.29) is 0 Å². The lowest BCUT2D eigenvalue weighted by Gasteiger charge is -2.11. The van der Waals surface area contributed by atoms with Crippen LogP contribution in [0.15, 0.2) is 130 Å². The zero-order valence-corrected chi connectivity index (χ0v) is 20.8. The molecule has 0 fully saturated rings. The van der Waals surface area contributed by atoms with Crippen LogP contribution < -0.4 is 0 Å². The van der Waals surface area contributed by atoms with Gasteiger partial charge >= 0.3 is 0 Å². The lowest BCUT2D eigenvalue weighted by molar-refractivity contribution is 0.620. The molecular weight excluding hydrogens is 480 g/mol. The fraction of sp³-hybridized carbons (Fsp3) is 0. The molecule has 0 N–H and O–H groups in total. The smallest absolute Gasteiger partial charge is 0.227 e. The second-order valence-corrected chi connectivity index (χ2v) is 9.99. The average Bonchev–Trinajstić information content (AvgIpc) is 3.68. The van der Waals surface area contributed by atoms with Crippen molar-refractivity contribution in [2.24, 2.45) is 0 Å². The van der Waals surface area contributed by atoms with E-state index in [9.17, 15) is 0 Å². The number of nitrogens with zero attached hydrogens (tertiary/aromatic N) is 2. The van der Waals surface area contributed by atoms with Gasteiger partial charge in [-0.25, -0.2) is 4.98 Å². The second kappa shape index (κ2) is 7.59. The first-order chi connectivity index (χ1) is 19.3. The maximum absolute atomic E-state index is 6.69. The third-order valence-electron chi connectivity index (χ3n) is 7.80. The van der Waals surface area contributed by atoms with Gasteiger partial charge in [-0.3, -0.25) is 0 Å². The zero-order chi connectivity index (χ0) is 25.5. The Balaban J connectivity index is 1.41. The topological polar surface area (TPSA) is 44.1 Å². The van der Waals surface area contributed by atoms with Crippen molar-refractivity contribution >= 4 is 65.6 Å². The minimum absolute atomic E-state index is 0.607. The summed E-state index contributed by atoms with van der Waals surface area (Å²) in [6.07, 6.45) is 0. The number of fused-ring (bicyclic) bond motifs is 9. The average molecular weight is 501 g/mol. The van der Waals surface area contributed by atoms with Gasteiger partial charge in [0.25, 0.3) is 0 Å². The van der Waals surface area contributed by atoms with Crippen LogP contribution in [0.2, 0.25) is 0 Å². The molecule has 4 nitrogen and oxygen atoms in total. The van der Waals surface area contributed by atoms with Gasteiger partial charge in [-0.1, -0.05) is 72.8 Å². The number of oxazole rings is 1. The van der Waals surface area contributed by atoms with E-state index in [0.717, 1.165) is 66.1 Å². The molecule has 0 aliphatic rings. The van der Waals surface area contributed by atoms with Crippen LogP contribution in [0.5, 0.6) is 0 Å². The number of para-hydroxylation sites is 4. The lowest BCUT2D eigenvalue weighted by atomic mass is 10.0. The summed E-state index contributed by atoms with van der Waals surface area (Å²) in [5.41, 5.74) is 7.60. The molecule has 0 amide bonds. The highest BCUT2D eigenvalue weighted by molar-refractivity contribution is 6.22. The van der Waals surface area contributed by atoms with E-state index >= 15 is 0 Å². The fourth-order valence-electron chi connectivity index (χ4n) is 6.09. The molecule has 0 atom stereocenters.